The summed E-state index contributed by atoms with van der Waals surface area (Å²) in [6.45, 7) is 6.44. The van der Waals surface area contributed by atoms with Crippen LogP contribution in [0.5, 0.6) is 0 Å². The van der Waals surface area contributed by atoms with Crippen LogP contribution in [-0.2, 0) is 6.54 Å². The van der Waals surface area contributed by atoms with Crippen molar-refractivity contribution in [2.75, 3.05) is 6.54 Å². The third-order valence-electron chi connectivity index (χ3n) is 2.90. The Kier molecular flexibility index (Phi) is 6.43. The van der Waals surface area contributed by atoms with Crippen molar-refractivity contribution in [2.24, 2.45) is 0 Å². The Hall–Kier alpha value is -1.26. The van der Waals surface area contributed by atoms with Crippen LogP contribution in [0.1, 0.15) is 50.2 Å². The lowest BCUT2D eigenvalue weighted by molar-refractivity contribution is 0.629. The summed E-state index contributed by atoms with van der Waals surface area (Å²) in [6, 6.07) is 8.87. The average Bonchev–Trinajstić information content (AvgIpc) is 2.34. The molecule has 0 aromatic heterocycles. The van der Waals surface area contributed by atoms with Crippen molar-refractivity contribution in [1.82, 2.24) is 5.32 Å². The number of rotatable bonds is 7. The molecule has 0 aliphatic carbocycles. The van der Waals surface area contributed by atoms with E-state index in [4.69, 9.17) is 6.42 Å². The Morgan fingerprint density at radius 1 is 1.18 bits per heavy atom. The first-order valence-electron chi connectivity index (χ1n) is 6.47. The lowest BCUT2D eigenvalue weighted by Crippen LogP contribution is -2.14. The van der Waals surface area contributed by atoms with Crippen LogP contribution in [0, 0.1) is 12.3 Å². The van der Waals surface area contributed by atoms with Crippen molar-refractivity contribution in [2.45, 2.75) is 45.6 Å². The van der Waals surface area contributed by atoms with Crippen LogP contribution in [0.2, 0.25) is 0 Å². The molecule has 0 saturated carbocycles. The zero-order valence-corrected chi connectivity index (χ0v) is 11.0. The summed E-state index contributed by atoms with van der Waals surface area (Å²) in [4.78, 5) is 0. The van der Waals surface area contributed by atoms with Crippen LogP contribution in [0.15, 0.2) is 24.3 Å². The van der Waals surface area contributed by atoms with Gasteiger partial charge in [0.2, 0.25) is 0 Å². The smallest absolute Gasteiger partial charge is 0.0205 e. The highest BCUT2D eigenvalue weighted by Gasteiger charge is 1.98. The molecule has 1 heteroatoms. The van der Waals surface area contributed by atoms with Gasteiger partial charge in [0, 0.05) is 13.0 Å². The van der Waals surface area contributed by atoms with Crippen LogP contribution >= 0.6 is 0 Å². The normalized spacial score (nSPS) is 10.5. The predicted molar refractivity (Wildman–Crippen MR) is 74.9 cm³/mol. The minimum atomic E-state index is 0.612. The maximum absolute atomic E-state index is 5.20. The zero-order chi connectivity index (χ0) is 12.5. The molecule has 1 aromatic carbocycles. The number of terminal acetylenes is 1. The Labute approximate surface area is 106 Å². The van der Waals surface area contributed by atoms with Crippen LogP contribution in [0.25, 0.3) is 0 Å². The van der Waals surface area contributed by atoms with E-state index in [0.29, 0.717) is 5.92 Å². The van der Waals surface area contributed by atoms with Gasteiger partial charge >= 0.3 is 0 Å². The van der Waals surface area contributed by atoms with Crippen LogP contribution in [0.3, 0.4) is 0 Å². The first kappa shape index (κ1) is 13.8. The van der Waals surface area contributed by atoms with Crippen molar-refractivity contribution >= 4 is 0 Å². The highest BCUT2D eigenvalue weighted by atomic mass is 14.8. The van der Waals surface area contributed by atoms with E-state index in [-0.39, 0.29) is 0 Å². The summed E-state index contributed by atoms with van der Waals surface area (Å²) in [6.07, 6.45) is 8.38. The molecule has 0 spiro atoms. The lowest BCUT2D eigenvalue weighted by Gasteiger charge is -2.07. The van der Waals surface area contributed by atoms with Gasteiger partial charge < -0.3 is 5.32 Å². The first-order valence-corrected chi connectivity index (χ1v) is 6.47. The maximum Gasteiger partial charge on any atom is 0.0205 e. The van der Waals surface area contributed by atoms with Gasteiger partial charge in [0.25, 0.3) is 0 Å². The van der Waals surface area contributed by atoms with Gasteiger partial charge in [0.1, 0.15) is 0 Å². The van der Waals surface area contributed by atoms with E-state index in [2.05, 4.69) is 49.4 Å². The first-order chi connectivity index (χ1) is 8.24. The third kappa shape index (κ3) is 5.56. The fraction of sp³-hybridized carbons (Fsp3) is 0.500. The van der Waals surface area contributed by atoms with Gasteiger partial charge in [-0.15, -0.1) is 12.3 Å². The van der Waals surface area contributed by atoms with Gasteiger partial charge in [-0.1, -0.05) is 38.1 Å². The molecule has 0 fully saturated rings. The predicted octanol–water partition coefficient (Wildman–Crippen LogP) is 3.70. The number of unbranched alkanes of at least 4 members (excludes halogenated alkanes) is 2. The van der Waals surface area contributed by atoms with E-state index in [1.807, 2.05) is 0 Å². The second-order valence-electron chi connectivity index (χ2n) is 4.73. The molecule has 1 rings (SSSR count). The molecule has 0 radical (unpaired) electrons. The van der Waals surface area contributed by atoms with Gasteiger partial charge in [-0.25, -0.2) is 0 Å². The molecule has 92 valence electrons. The molecule has 1 nitrogen and oxygen atoms in total. The largest absolute Gasteiger partial charge is 0.313 e. The number of hydrogen-bond acceptors (Lipinski definition) is 1. The minimum absolute atomic E-state index is 0.612. The summed E-state index contributed by atoms with van der Waals surface area (Å²) in [5.74, 6) is 3.28. The van der Waals surface area contributed by atoms with Crippen molar-refractivity contribution in [3.05, 3.63) is 35.4 Å². The van der Waals surface area contributed by atoms with Gasteiger partial charge in [-0.3, -0.25) is 0 Å². The standard InChI is InChI=1S/C16H23N/c1-4-5-6-7-12-17-13-15-8-10-16(11-9-15)14(2)3/h1,8-11,14,17H,5-7,12-13H2,2-3H3. The minimum Gasteiger partial charge on any atom is -0.313 e. The van der Waals surface area contributed by atoms with Crippen LogP contribution in [0.4, 0.5) is 0 Å². The van der Waals surface area contributed by atoms with Crippen molar-refractivity contribution in [3.63, 3.8) is 0 Å². The molecule has 0 bridgehead atoms. The van der Waals surface area contributed by atoms with E-state index < -0.39 is 0 Å². The fourth-order valence-electron chi connectivity index (χ4n) is 1.73. The third-order valence-corrected chi connectivity index (χ3v) is 2.90. The van der Waals surface area contributed by atoms with Gasteiger partial charge in [-0.05, 0) is 36.4 Å². The molecule has 1 N–H and O–H groups in total. The second-order valence-corrected chi connectivity index (χ2v) is 4.73. The second kappa shape index (κ2) is 7.92. The molecule has 0 aliphatic rings. The molecule has 0 aliphatic heterocycles. The van der Waals surface area contributed by atoms with E-state index in [1.54, 1.807) is 0 Å². The fourth-order valence-corrected chi connectivity index (χ4v) is 1.73. The van der Waals surface area contributed by atoms with Crippen LogP contribution in [-0.4, -0.2) is 6.54 Å². The topological polar surface area (TPSA) is 12.0 Å². The molecule has 17 heavy (non-hydrogen) atoms. The molecular formula is C16H23N. The van der Waals surface area contributed by atoms with Gasteiger partial charge in [-0.2, -0.15) is 0 Å². The van der Waals surface area contributed by atoms with Crippen molar-refractivity contribution < 1.29 is 0 Å². The zero-order valence-electron chi connectivity index (χ0n) is 11.0. The Bertz CT molecular complexity index is 343. The summed E-state index contributed by atoms with van der Waals surface area (Å²) in [5, 5.41) is 3.44. The summed E-state index contributed by atoms with van der Waals surface area (Å²) in [5.41, 5.74) is 2.76. The van der Waals surface area contributed by atoms with E-state index in [1.165, 1.54) is 11.1 Å². The molecular weight excluding hydrogens is 206 g/mol. The molecule has 0 unspecified atom stereocenters. The van der Waals surface area contributed by atoms with Gasteiger partial charge in [0.15, 0.2) is 0 Å². The maximum atomic E-state index is 5.20. The summed E-state index contributed by atoms with van der Waals surface area (Å²) < 4.78 is 0. The number of nitrogens with one attached hydrogen (secondary N) is 1. The van der Waals surface area contributed by atoms with Gasteiger partial charge in [0.05, 0.1) is 0 Å². The van der Waals surface area contributed by atoms with E-state index in [9.17, 15) is 0 Å². The Morgan fingerprint density at radius 3 is 2.47 bits per heavy atom. The van der Waals surface area contributed by atoms with E-state index >= 15 is 0 Å². The number of benzene rings is 1. The van der Waals surface area contributed by atoms with E-state index in [0.717, 1.165) is 32.4 Å². The molecule has 0 heterocycles. The molecule has 0 amide bonds. The highest BCUT2D eigenvalue weighted by Crippen LogP contribution is 2.14. The SMILES string of the molecule is C#CCCCCNCc1ccc(C(C)C)cc1. The Morgan fingerprint density at radius 2 is 1.88 bits per heavy atom. The molecule has 0 saturated heterocycles. The molecule has 0 atom stereocenters. The highest BCUT2D eigenvalue weighted by molar-refractivity contribution is 5.24. The van der Waals surface area contributed by atoms with Crippen LogP contribution < -0.4 is 5.32 Å². The van der Waals surface area contributed by atoms with Crippen molar-refractivity contribution in [1.29, 1.82) is 0 Å². The summed E-state index contributed by atoms with van der Waals surface area (Å²) >= 11 is 0. The average molecular weight is 229 g/mol. The quantitative estimate of drug-likeness (QED) is 0.555. The number of hydrogen-bond donors (Lipinski definition) is 1. The molecule has 1 aromatic rings. The summed E-state index contributed by atoms with van der Waals surface area (Å²) in [7, 11) is 0. The Balaban J connectivity index is 2.21. The lowest BCUT2D eigenvalue weighted by atomic mass is 10.0. The monoisotopic (exact) mass is 229 g/mol. The van der Waals surface area contributed by atoms with Crippen molar-refractivity contribution in [3.8, 4) is 12.3 Å².